The Morgan fingerprint density at radius 1 is 1.10 bits per heavy atom. The number of benzene rings is 2. The number of ether oxygens (including phenoxy) is 1. The summed E-state index contributed by atoms with van der Waals surface area (Å²) in [5.74, 6) is 0.767. The molecule has 2 heterocycles. The molecule has 0 fully saturated rings. The molecule has 1 N–H and O–H groups in total. The standard InChI is InChI=1S/C20H15Cl3N4O2S/c21-12-3-6-14(7-4-12)29-9-1-2-18(28)24-19-25-20-27(26-19)17(11-30-20)15-10-13(22)5-8-16(15)23/h3-8,10-11H,1-2,9H2,(H,24,26,28). The minimum absolute atomic E-state index is 0.185. The molecule has 0 bridgehead atoms. The van der Waals surface area contributed by atoms with Gasteiger partial charge in [-0.15, -0.1) is 16.4 Å². The van der Waals surface area contributed by atoms with Crippen LogP contribution >= 0.6 is 46.1 Å². The maximum atomic E-state index is 12.2. The van der Waals surface area contributed by atoms with Gasteiger partial charge in [0.25, 0.3) is 0 Å². The number of carbonyl (C=O) groups excluding carboxylic acids is 1. The monoisotopic (exact) mass is 480 g/mol. The van der Waals surface area contributed by atoms with Crippen LogP contribution in [0.25, 0.3) is 16.2 Å². The van der Waals surface area contributed by atoms with Crippen molar-refractivity contribution in [3.05, 3.63) is 62.9 Å². The number of nitrogens with one attached hydrogen (secondary N) is 1. The Balaban J connectivity index is 1.36. The Morgan fingerprint density at radius 3 is 2.67 bits per heavy atom. The Hall–Kier alpha value is -2.32. The van der Waals surface area contributed by atoms with Crippen molar-refractivity contribution < 1.29 is 9.53 Å². The molecule has 6 nitrogen and oxygen atoms in total. The normalized spacial score (nSPS) is 11.0. The highest BCUT2D eigenvalue weighted by Gasteiger charge is 2.15. The van der Waals surface area contributed by atoms with Crippen molar-refractivity contribution in [2.24, 2.45) is 0 Å². The zero-order chi connectivity index (χ0) is 21.1. The van der Waals surface area contributed by atoms with Crippen LogP contribution in [-0.4, -0.2) is 27.1 Å². The van der Waals surface area contributed by atoms with Gasteiger partial charge in [-0.05, 0) is 48.9 Å². The Kier molecular flexibility index (Phi) is 6.43. The van der Waals surface area contributed by atoms with Gasteiger partial charge < -0.3 is 4.74 Å². The highest BCUT2D eigenvalue weighted by Crippen LogP contribution is 2.33. The molecule has 0 saturated heterocycles. The summed E-state index contributed by atoms with van der Waals surface area (Å²) in [6, 6.07) is 12.3. The van der Waals surface area contributed by atoms with Crippen LogP contribution in [0, 0.1) is 0 Å². The van der Waals surface area contributed by atoms with E-state index in [9.17, 15) is 4.79 Å². The summed E-state index contributed by atoms with van der Waals surface area (Å²) in [5.41, 5.74) is 1.50. The van der Waals surface area contributed by atoms with Crippen LogP contribution in [0.15, 0.2) is 47.8 Å². The molecule has 10 heteroatoms. The van der Waals surface area contributed by atoms with E-state index in [1.807, 2.05) is 5.38 Å². The number of hydrogen-bond donors (Lipinski definition) is 1. The number of halogens is 3. The highest BCUT2D eigenvalue weighted by molar-refractivity contribution is 7.15. The molecule has 0 unspecified atom stereocenters. The summed E-state index contributed by atoms with van der Waals surface area (Å²) in [5, 5.41) is 10.8. The molecule has 0 aliphatic heterocycles. The maximum absolute atomic E-state index is 12.2. The Morgan fingerprint density at radius 2 is 1.87 bits per heavy atom. The zero-order valence-electron chi connectivity index (χ0n) is 15.4. The fraction of sp³-hybridized carbons (Fsp3) is 0.150. The van der Waals surface area contributed by atoms with Gasteiger partial charge in [-0.2, -0.15) is 4.98 Å². The summed E-state index contributed by atoms with van der Waals surface area (Å²) >= 11 is 19.6. The number of rotatable bonds is 7. The van der Waals surface area contributed by atoms with Gasteiger partial charge in [-0.25, -0.2) is 4.52 Å². The number of aromatic nitrogens is 3. The molecule has 4 rings (SSSR count). The third-order valence-corrected chi connectivity index (χ3v) is 5.80. The van der Waals surface area contributed by atoms with E-state index >= 15 is 0 Å². The van der Waals surface area contributed by atoms with Crippen molar-refractivity contribution in [3.63, 3.8) is 0 Å². The Labute approximate surface area is 191 Å². The van der Waals surface area contributed by atoms with Gasteiger partial charge in [-0.1, -0.05) is 34.8 Å². The third-order valence-electron chi connectivity index (χ3n) is 4.17. The van der Waals surface area contributed by atoms with Crippen molar-refractivity contribution in [2.45, 2.75) is 12.8 Å². The summed E-state index contributed by atoms with van der Waals surface area (Å²) < 4.78 is 7.23. The first kappa shape index (κ1) is 20.9. The van der Waals surface area contributed by atoms with E-state index in [4.69, 9.17) is 39.5 Å². The van der Waals surface area contributed by atoms with Crippen LogP contribution in [0.2, 0.25) is 15.1 Å². The minimum atomic E-state index is -0.185. The van der Waals surface area contributed by atoms with Gasteiger partial charge >= 0.3 is 0 Å². The first-order valence-electron chi connectivity index (χ1n) is 8.97. The molecule has 2 aromatic carbocycles. The topological polar surface area (TPSA) is 68.5 Å². The van der Waals surface area contributed by atoms with E-state index in [1.54, 1.807) is 47.0 Å². The van der Waals surface area contributed by atoms with Gasteiger partial charge in [0.2, 0.25) is 16.8 Å². The summed E-state index contributed by atoms with van der Waals surface area (Å²) in [7, 11) is 0. The van der Waals surface area contributed by atoms with E-state index in [1.165, 1.54) is 11.3 Å². The number of thiazole rings is 1. The van der Waals surface area contributed by atoms with Crippen LogP contribution in [-0.2, 0) is 4.79 Å². The summed E-state index contributed by atoms with van der Waals surface area (Å²) in [6.07, 6.45) is 0.841. The average molecular weight is 482 g/mol. The van der Waals surface area contributed by atoms with E-state index in [2.05, 4.69) is 15.4 Å². The second-order valence-electron chi connectivity index (χ2n) is 6.33. The fourth-order valence-electron chi connectivity index (χ4n) is 2.75. The SMILES string of the molecule is O=C(CCCOc1ccc(Cl)cc1)Nc1nc2scc(-c3cc(Cl)ccc3Cl)n2n1. The second kappa shape index (κ2) is 9.22. The predicted molar refractivity (Wildman–Crippen MR) is 121 cm³/mol. The highest BCUT2D eigenvalue weighted by atomic mass is 35.5. The number of anilines is 1. The molecule has 4 aromatic rings. The van der Waals surface area contributed by atoms with Gasteiger partial charge in [0.1, 0.15) is 5.75 Å². The largest absolute Gasteiger partial charge is 0.494 e. The second-order valence-corrected chi connectivity index (χ2v) is 8.45. The van der Waals surface area contributed by atoms with Crippen molar-refractivity contribution in [3.8, 4) is 17.0 Å². The van der Waals surface area contributed by atoms with Crippen LogP contribution in [0.3, 0.4) is 0 Å². The quantitative estimate of drug-likeness (QED) is 0.318. The molecule has 30 heavy (non-hydrogen) atoms. The zero-order valence-corrected chi connectivity index (χ0v) is 18.5. The summed E-state index contributed by atoms with van der Waals surface area (Å²) in [4.78, 5) is 17.2. The Bertz CT molecular complexity index is 1190. The fourth-order valence-corrected chi connectivity index (χ4v) is 4.09. The number of fused-ring (bicyclic) bond motifs is 1. The van der Waals surface area contributed by atoms with Gasteiger partial charge in [0, 0.05) is 27.4 Å². The van der Waals surface area contributed by atoms with Gasteiger partial charge in [0.15, 0.2) is 0 Å². The van der Waals surface area contributed by atoms with Crippen molar-refractivity contribution in [1.29, 1.82) is 0 Å². The molecule has 2 aromatic heterocycles. The van der Waals surface area contributed by atoms with Gasteiger partial charge in [0.05, 0.1) is 17.3 Å². The molecule has 0 saturated carbocycles. The third kappa shape index (κ3) is 4.87. The molecule has 1 amide bonds. The van der Waals surface area contributed by atoms with E-state index < -0.39 is 0 Å². The first-order valence-corrected chi connectivity index (χ1v) is 11.0. The van der Waals surface area contributed by atoms with Gasteiger partial charge in [-0.3, -0.25) is 10.1 Å². The molecule has 0 aliphatic carbocycles. The van der Waals surface area contributed by atoms with Crippen molar-refractivity contribution >= 4 is 63.0 Å². The number of carbonyl (C=O) groups is 1. The lowest BCUT2D eigenvalue weighted by molar-refractivity contribution is -0.116. The van der Waals surface area contributed by atoms with Crippen LogP contribution < -0.4 is 10.1 Å². The lowest BCUT2D eigenvalue weighted by atomic mass is 10.2. The van der Waals surface area contributed by atoms with E-state index in [0.717, 1.165) is 11.3 Å². The average Bonchev–Trinajstić information content (AvgIpc) is 3.29. The first-order chi connectivity index (χ1) is 14.5. The smallest absolute Gasteiger partial charge is 0.250 e. The number of nitrogens with zero attached hydrogens (tertiary/aromatic N) is 3. The molecule has 0 spiro atoms. The lowest BCUT2D eigenvalue weighted by Crippen LogP contribution is -2.14. The molecule has 0 aliphatic rings. The molecule has 154 valence electrons. The van der Waals surface area contributed by atoms with E-state index in [-0.39, 0.29) is 18.3 Å². The number of hydrogen-bond acceptors (Lipinski definition) is 5. The minimum Gasteiger partial charge on any atom is -0.494 e. The lowest BCUT2D eigenvalue weighted by Gasteiger charge is -2.06. The van der Waals surface area contributed by atoms with Crippen LogP contribution in [0.5, 0.6) is 5.75 Å². The molecular formula is C20H15Cl3N4O2S. The summed E-state index contributed by atoms with van der Waals surface area (Å²) in [6.45, 7) is 0.415. The van der Waals surface area contributed by atoms with Crippen LogP contribution in [0.1, 0.15) is 12.8 Å². The molecule has 0 atom stereocenters. The molecular weight excluding hydrogens is 467 g/mol. The molecule has 0 radical (unpaired) electrons. The number of amides is 1. The van der Waals surface area contributed by atoms with Crippen molar-refractivity contribution in [1.82, 2.24) is 14.6 Å². The van der Waals surface area contributed by atoms with Crippen molar-refractivity contribution in [2.75, 3.05) is 11.9 Å². The van der Waals surface area contributed by atoms with Crippen LogP contribution in [0.4, 0.5) is 5.95 Å². The predicted octanol–water partition coefficient (Wildman–Crippen LogP) is 6.22. The maximum Gasteiger partial charge on any atom is 0.250 e. The van der Waals surface area contributed by atoms with E-state index in [0.29, 0.717) is 38.8 Å².